The van der Waals surface area contributed by atoms with Crippen molar-refractivity contribution in [3.05, 3.63) is 0 Å². The maximum atomic E-state index is 1.65. The Morgan fingerprint density at radius 3 is 0.800 bits per heavy atom. The van der Waals surface area contributed by atoms with Crippen molar-refractivity contribution < 1.29 is 0 Å². The first-order valence-electron chi connectivity index (χ1n) is 9.92. The Morgan fingerprint density at radius 2 is 0.550 bits per heavy atom. The minimum absolute atomic E-state index is 1.18. The van der Waals surface area contributed by atoms with Gasteiger partial charge < -0.3 is 0 Å². The highest BCUT2D eigenvalue weighted by Gasteiger charge is 2.64. The summed E-state index contributed by atoms with van der Waals surface area (Å²) in [6, 6.07) is 0. The fourth-order valence-electron chi connectivity index (χ4n) is 9.29. The molecule has 6 bridgehead atoms. The molecule has 110 valence electrons. The molecule has 0 aromatic carbocycles. The van der Waals surface area contributed by atoms with Crippen LogP contribution in [0.15, 0.2) is 0 Å². The molecule has 9 aliphatic carbocycles. The van der Waals surface area contributed by atoms with Crippen molar-refractivity contribution in [1.29, 1.82) is 0 Å². The lowest BCUT2D eigenvalue weighted by Crippen LogP contribution is -2.63. The van der Waals surface area contributed by atoms with Gasteiger partial charge in [-0.2, -0.15) is 0 Å². The third-order valence-electron chi connectivity index (χ3n) is 9.51. The molecule has 0 amide bonds. The number of hydrogen-bond acceptors (Lipinski definition) is 0. The van der Waals surface area contributed by atoms with Gasteiger partial charge in [0.25, 0.3) is 0 Å². The van der Waals surface area contributed by atoms with Crippen LogP contribution in [0, 0.1) is 59.2 Å². The summed E-state index contributed by atoms with van der Waals surface area (Å²) in [6.07, 6.45) is 16.3. The van der Waals surface area contributed by atoms with E-state index in [0.29, 0.717) is 0 Å². The topological polar surface area (TPSA) is 0 Å². The minimum atomic E-state index is 1.18. The standard InChI is InChI=1S/C20H30/c1-2-12-4-3-11(1)17-15-9-10-16(18(12)17)20-14-7-5-13(6-8-14)19(15)20/h11-20H,1-10H2. The molecule has 0 radical (unpaired) electrons. The Hall–Kier alpha value is 0. The van der Waals surface area contributed by atoms with Crippen LogP contribution in [0.25, 0.3) is 0 Å². The zero-order chi connectivity index (χ0) is 12.8. The van der Waals surface area contributed by atoms with Gasteiger partial charge in [0.15, 0.2) is 0 Å². The van der Waals surface area contributed by atoms with Gasteiger partial charge in [-0.05, 0) is 123 Å². The van der Waals surface area contributed by atoms with E-state index >= 15 is 0 Å². The molecule has 4 unspecified atom stereocenters. The van der Waals surface area contributed by atoms with Crippen molar-refractivity contribution in [2.45, 2.75) is 64.2 Å². The lowest BCUT2D eigenvalue weighted by atomic mass is 9.35. The van der Waals surface area contributed by atoms with Crippen molar-refractivity contribution >= 4 is 0 Å². The molecule has 9 saturated carbocycles. The van der Waals surface area contributed by atoms with Crippen LogP contribution in [0.4, 0.5) is 0 Å². The molecule has 9 fully saturated rings. The van der Waals surface area contributed by atoms with Crippen LogP contribution in [0.2, 0.25) is 0 Å². The van der Waals surface area contributed by atoms with Crippen molar-refractivity contribution in [3.63, 3.8) is 0 Å². The minimum Gasteiger partial charge on any atom is -0.0499 e. The molecule has 0 aromatic heterocycles. The zero-order valence-electron chi connectivity index (χ0n) is 12.8. The second kappa shape index (κ2) is 3.85. The normalized spacial score (nSPS) is 66.0. The zero-order valence-corrected chi connectivity index (χ0v) is 12.8. The van der Waals surface area contributed by atoms with Gasteiger partial charge in [-0.1, -0.05) is 0 Å². The highest BCUT2D eigenvalue weighted by Crippen LogP contribution is 2.71. The summed E-state index contributed by atoms with van der Waals surface area (Å²) in [5, 5.41) is 0. The third-order valence-corrected chi connectivity index (χ3v) is 9.51. The molecular formula is C20H30. The third kappa shape index (κ3) is 1.23. The van der Waals surface area contributed by atoms with Crippen LogP contribution in [0.1, 0.15) is 64.2 Å². The average Bonchev–Trinajstić information content (AvgIpc) is 2.57. The molecular weight excluding hydrogens is 240 g/mol. The summed E-state index contributed by atoms with van der Waals surface area (Å²) in [6.45, 7) is 0. The van der Waals surface area contributed by atoms with Crippen molar-refractivity contribution in [1.82, 2.24) is 0 Å². The smallest absolute Gasteiger partial charge is 0.0321 e. The van der Waals surface area contributed by atoms with Crippen LogP contribution in [-0.2, 0) is 0 Å². The fourth-order valence-corrected chi connectivity index (χ4v) is 9.29. The van der Waals surface area contributed by atoms with Gasteiger partial charge in [0.2, 0.25) is 0 Å². The maximum Gasteiger partial charge on any atom is -0.0321 e. The molecule has 0 aliphatic heterocycles. The van der Waals surface area contributed by atoms with Gasteiger partial charge in [0.05, 0.1) is 0 Å². The van der Waals surface area contributed by atoms with Crippen LogP contribution in [0.5, 0.6) is 0 Å². The first-order valence-corrected chi connectivity index (χ1v) is 9.92. The van der Waals surface area contributed by atoms with E-state index in [4.69, 9.17) is 0 Å². The number of hydrogen-bond donors (Lipinski definition) is 0. The summed E-state index contributed by atoms with van der Waals surface area (Å²) >= 11 is 0. The van der Waals surface area contributed by atoms with Gasteiger partial charge in [0, 0.05) is 0 Å². The molecule has 0 saturated heterocycles. The van der Waals surface area contributed by atoms with E-state index < -0.39 is 0 Å². The number of rotatable bonds is 0. The lowest BCUT2D eigenvalue weighted by Gasteiger charge is -2.70. The summed E-state index contributed by atoms with van der Waals surface area (Å²) < 4.78 is 0. The van der Waals surface area contributed by atoms with Gasteiger partial charge in [-0.25, -0.2) is 0 Å². The Bertz CT molecular complexity index is 334. The quantitative estimate of drug-likeness (QED) is 0.572. The summed E-state index contributed by atoms with van der Waals surface area (Å²) in [7, 11) is 0. The van der Waals surface area contributed by atoms with E-state index in [-0.39, 0.29) is 0 Å². The first kappa shape index (κ1) is 11.6. The van der Waals surface area contributed by atoms with E-state index in [1.54, 1.807) is 64.2 Å². The Balaban J connectivity index is 1.46. The van der Waals surface area contributed by atoms with Gasteiger partial charge in [-0.3, -0.25) is 0 Å². The molecule has 0 nitrogen and oxygen atoms in total. The highest BCUT2D eigenvalue weighted by molar-refractivity contribution is 5.12. The van der Waals surface area contributed by atoms with Crippen molar-refractivity contribution in [2.24, 2.45) is 59.2 Å². The van der Waals surface area contributed by atoms with Crippen LogP contribution in [-0.4, -0.2) is 0 Å². The van der Waals surface area contributed by atoms with Gasteiger partial charge >= 0.3 is 0 Å². The molecule has 20 heavy (non-hydrogen) atoms. The second-order valence-electron chi connectivity index (χ2n) is 9.56. The van der Waals surface area contributed by atoms with E-state index in [9.17, 15) is 0 Å². The Labute approximate surface area is 124 Å². The van der Waals surface area contributed by atoms with E-state index in [2.05, 4.69) is 0 Å². The Kier molecular flexibility index (Phi) is 2.22. The molecule has 0 aromatic rings. The summed E-state index contributed by atoms with van der Waals surface area (Å²) in [5.41, 5.74) is 0. The molecule has 0 spiro atoms. The van der Waals surface area contributed by atoms with Gasteiger partial charge in [-0.15, -0.1) is 0 Å². The highest BCUT2D eigenvalue weighted by atomic mass is 14.7. The molecule has 9 rings (SSSR count). The predicted octanol–water partition coefficient (Wildman–Crippen LogP) is 5.13. The molecule has 0 heterocycles. The number of fused-ring (bicyclic) bond motifs is 5. The second-order valence-corrected chi connectivity index (χ2v) is 9.56. The van der Waals surface area contributed by atoms with Crippen LogP contribution >= 0.6 is 0 Å². The maximum absolute atomic E-state index is 1.65. The van der Waals surface area contributed by atoms with Crippen LogP contribution < -0.4 is 0 Å². The lowest BCUT2D eigenvalue weighted by molar-refractivity contribution is -0.211. The van der Waals surface area contributed by atoms with Gasteiger partial charge in [0.1, 0.15) is 0 Å². The molecule has 0 N–H and O–H groups in total. The summed E-state index contributed by atoms with van der Waals surface area (Å²) in [4.78, 5) is 0. The molecule has 0 heteroatoms. The van der Waals surface area contributed by atoms with E-state index in [1.165, 1.54) is 59.2 Å². The molecule has 9 aliphatic rings. The average molecular weight is 270 g/mol. The summed E-state index contributed by atoms with van der Waals surface area (Å²) in [5.74, 6) is 12.0. The predicted molar refractivity (Wildman–Crippen MR) is 81.1 cm³/mol. The molecule has 4 atom stereocenters. The Morgan fingerprint density at radius 1 is 0.300 bits per heavy atom. The first-order chi connectivity index (χ1) is 9.92. The van der Waals surface area contributed by atoms with Crippen LogP contribution in [0.3, 0.4) is 0 Å². The van der Waals surface area contributed by atoms with E-state index in [0.717, 1.165) is 0 Å². The van der Waals surface area contributed by atoms with E-state index in [1.807, 2.05) is 0 Å². The van der Waals surface area contributed by atoms with Crippen molar-refractivity contribution in [3.8, 4) is 0 Å². The van der Waals surface area contributed by atoms with Crippen molar-refractivity contribution in [2.75, 3.05) is 0 Å². The fraction of sp³-hybridized carbons (Fsp3) is 1.00. The SMILES string of the molecule is C1CC2CCC1C1C3CCC(C21)C1C2CCC(CC2)C31. The monoisotopic (exact) mass is 270 g/mol. The largest absolute Gasteiger partial charge is 0.0499 e.